The summed E-state index contributed by atoms with van der Waals surface area (Å²) in [5.74, 6) is 0.670. The van der Waals surface area contributed by atoms with Crippen LogP contribution < -0.4 is 4.57 Å². The van der Waals surface area contributed by atoms with Crippen LogP contribution in [0.15, 0.2) is 48.5 Å². The van der Waals surface area contributed by atoms with E-state index in [0.717, 1.165) is 12.8 Å². The van der Waals surface area contributed by atoms with E-state index in [9.17, 15) is 0 Å². The number of aromatic nitrogens is 1. The van der Waals surface area contributed by atoms with Gasteiger partial charge in [-0.15, -0.1) is 0 Å². The van der Waals surface area contributed by atoms with Crippen molar-refractivity contribution < 1.29 is 4.57 Å². The molecule has 0 amide bonds. The number of fused-ring (bicyclic) bond motifs is 1. The predicted molar refractivity (Wildman–Crippen MR) is 103 cm³/mol. The van der Waals surface area contributed by atoms with E-state index in [1.807, 2.05) is 0 Å². The molecule has 1 heterocycles. The Morgan fingerprint density at radius 1 is 1.00 bits per heavy atom. The van der Waals surface area contributed by atoms with Gasteiger partial charge in [-0.2, -0.15) is 4.57 Å². The minimum absolute atomic E-state index is 0.670. The second-order valence-corrected chi connectivity index (χ2v) is 7.23. The van der Waals surface area contributed by atoms with E-state index in [-0.39, 0.29) is 0 Å². The van der Waals surface area contributed by atoms with Crippen LogP contribution in [0.1, 0.15) is 37.5 Å². The summed E-state index contributed by atoms with van der Waals surface area (Å²) < 4.78 is 2.35. The van der Waals surface area contributed by atoms with Crippen LogP contribution in [0.4, 0.5) is 0 Å². The molecule has 24 heavy (non-hydrogen) atoms. The maximum absolute atomic E-state index is 2.35. The van der Waals surface area contributed by atoms with Crippen molar-refractivity contribution in [3.63, 3.8) is 0 Å². The Labute approximate surface area is 146 Å². The van der Waals surface area contributed by atoms with Gasteiger partial charge in [0.15, 0.2) is 0 Å². The van der Waals surface area contributed by atoms with Gasteiger partial charge in [0.05, 0.1) is 0 Å². The molecule has 3 rings (SSSR count). The van der Waals surface area contributed by atoms with E-state index in [1.165, 1.54) is 38.9 Å². The van der Waals surface area contributed by atoms with Crippen molar-refractivity contribution in [3.8, 4) is 11.3 Å². The molecule has 3 aromatic rings. The van der Waals surface area contributed by atoms with Gasteiger partial charge >= 0.3 is 0 Å². The van der Waals surface area contributed by atoms with Gasteiger partial charge in [0.1, 0.15) is 7.05 Å². The molecule has 2 aromatic carbocycles. The normalized spacial score (nSPS) is 11.4. The van der Waals surface area contributed by atoms with Crippen molar-refractivity contribution in [1.29, 1.82) is 0 Å². The van der Waals surface area contributed by atoms with E-state index in [0.29, 0.717) is 5.92 Å². The minimum atomic E-state index is 0.670. The highest BCUT2D eigenvalue weighted by atomic mass is 14.9. The highest BCUT2D eigenvalue weighted by Gasteiger charge is 2.17. The fourth-order valence-electron chi connectivity index (χ4n) is 3.54. The molecule has 0 aliphatic heterocycles. The zero-order valence-electron chi connectivity index (χ0n) is 15.6. The predicted octanol–water partition coefficient (Wildman–Crippen LogP) is 5.40. The first-order valence-corrected chi connectivity index (χ1v) is 9.01. The summed E-state index contributed by atoms with van der Waals surface area (Å²) in [6.07, 6.45) is 2.20. The Kier molecular flexibility index (Phi) is 4.71. The number of aryl methyl sites for hydroxylation is 3. The molecule has 0 aliphatic carbocycles. The molecule has 0 spiro atoms. The van der Waals surface area contributed by atoms with Gasteiger partial charge in [-0.25, -0.2) is 0 Å². The summed E-state index contributed by atoms with van der Waals surface area (Å²) >= 11 is 0. The second-order valence-electron chi connectivity index (χ2n) is 7.23. The summed E-state index contributed by atoms with van der Waals surface area (Å²) in [6.45, 7) is 8.99. The maximum atomic E-state index is 2.35. The lowest BCUT2D eigenvalue weighted by molar-refractivity contribution is -0.633. The molecule has 124 valence electrons. The molecule has 0 saturated heterocycles. The van der Waals surface area contributed by atoms with Crippen molar-refractivity contribution in [2.75, 3.05) is 0 Å². The molecule has 0 N–H and O–H groups in total. The van der Waals surface area contributed by atoms with Crippen LogP contribution >= 0.6 is 0 Å². The second kappa shape index (κ2) is 6.76. The maximum Gasteiger partial charge on any atom is 0.213 e. The van der Waals surface area contributed by atoms with Crippen molar-refractivity contribution >= 4 is 10.9 Å². The van der Waals surface area contributed by atoms with Crippen LogP contribution in [0.2, 0.25) is 0 Å². The van der Waals surface area contributed by atoms with Crippen molar-refractivity contribution in [3.05, 3.63) is 65.2 Å². The van der Waals surface area contributed by atoms with Gasteiger partial charge < -0.3 is 0 Å². The first-order chi connectivity index (χ1) is 11.5. The average Bonchev–Trinajstić information content (AvgIpc) is 2.56. The van der Waals surface area contributed by atoms with Crippen LogP contribution in [-0.2, 0) is 19.9 Å². The van der Waals surface area contributed by atoms with Crippen LogP contribution in [-0.4, -0.2) is 0 Å². The third-order valence-electron chi connectivity index (χ3n) is 4.92. The Balaban J connectivity index is 2.20. The Morgan fingerprint density at radius 3 is 2.50 bits per heavy atom. The number of rotatable bonds is 4. The average molecular weight is 318 g/mol. The molecule has 1 heteroatoms. The summed E-state index contributed by atoms with van der Waals surface area (Å²) in [5.41, 5.74) is 8.12. The molecule has 0 bridgehead atoms. The fraction of sp³-hybridized carbons (Fsp3) is 0.348. The largest absolute Gasteiger partial charge is 0.213 e. The van der Waals surface area contributed by atoms with Crippen LogP contribution in [0.5, 0.6) is 0 Å². The molecule has 0 unspecified atom stereocenters. The zero-order valence-corrected chi connectivity index (χ0v) is 15.6. The van der Waals surface area contributed by atoms with Crippen LogP contribution in [0.25, 0.3) is 22.2 Å². The lowest BCUT2D eigenvalue weighted by atomic mass is 9.96. The number of hydrogen-bond donors (Lipinski definition) is 0. The van der Waals surface area contributed by atoms with E-state index >= 15 is 0 Å². The van der Waals surface area contributed by atoms with E-state index in [4.69, 9.17) is 0 Å². The van der Waals surface area contributed by atoms with Gasteiger partial charge in [0.2, 0.25) is 11.2 Å². The molecular formula is C23H28N+. The summed E-state index contributed by atoms with van der Waals surface area (Å²) in [4.78, 5) is 0. The molecule has 0 atom stereocenters. The van der Waals surface area contributed by atoms with E-state index in [1.54, 1.807) is 0 Å². The Bertz CT molecular complexity index is 875. The number of benzene rings is 2. The molecule has 0 saturated carbocycles. The van der Waals surface area contributed by atoms with Crippen LogP contribution in [0.3, 0.4) is 0 Å². The highest BCUT2D eigenvalue weighted by Crippen LogP contribution is 2.26. The van der Waals surface area contributed by atoms with Gasteiger partial charge in [-0.1, -0.05) is 45.0 Å². The lowest BCUT2D eigenvalue weighted by Crippen LogP contribution is -2.32. The minimum Gasteiger partial charge on any atom is -0.194 e. The fourth-order valence-corrected chi connectivity index (χ4v) is 3.54. The van der Waals surface area contributed by atoms with Gasteiger partial charge in [-0.3, -0.25) is 0 Å². The molecular weight excluding hydrogens is 290 g/mol. The SMILES string of the molecule is CCc1ccc(C)c(-c2ccc3c(CC(C)C)cccc3[n+]2C)c1. The summed E-state index contributed by atoms with van der Waals surface area (Å²) in [7, 11) is 2.19. The molecule has 0 aliphatic rings. The molecule has 0 radical (unpaired) electrons. The van der Waals surface area contributed by atoms with Crippen molar-refractivity contribution in [2.45, 2.75) is 40.5 Å². The Hall–Kier alpha value is -2.15. The summed E-state index contributed by atoms with van der Waals surface area (Å²) in [5, 5.41) is 1.38. The number of hydrogen-bond acceptors (Lipinski definition) is 0. The Morgan fingerprint density at radius 2 is 1.79 bits per heavy atom. The molecule has 1 nitrogen and oxygen atoms in total. The third kappa shape index (κ3) is 3.08. The van der Waals surface area contributed by atoms with E-state index in [2.05, 4.69) is 87.8 Å². The molecule has 0 fully saturated rings. The molecule has 1 aromatic heterocycles. The standard InChI is InChI=1S/C23H28N/c1-6-18-11-10-17(4)21(15-18)23-13-12-20-19(14-16(2)3)8-7-9-22(20)24(23)5/h7-13,15-16H,6,14H2,1-5H3/q+1. The van der Waals surface area contributed by atoms with Gasteiger partial charge in [0.25, 0.3) is 0 Å². The monoisotopic (exact) mass is 318 g/mol. The smallest absolute Gasteiger partial charge is 0.194 e. The highest BCUT2D eigenvalue weighted by molar-refractivity contribution is 5.81. The topological polar surface area (TPSA) is 3.88 Å². The van der Waals surface area contributed by atoms with Crippen molar-refractivity contribution in [2.24, 2.45) is 13.0 Å². The number of pyridine rings is 1. The van der Waals surface area contributed by atoms with Gasteiger partial charge in [0, 0.05) is 23.1 Å². The summed E-state index contributed by atoms with van der Waals surface area (Å²) in [6, 6.07) is 18.1. The number of nitrogens with zero attached hydrogens (tertiary/aromatic N) is 1. The zero-order chi connectivity index (χ0) is 17.3. The van der Waals surface area contributed by atoms with E-state index < -0.39 is 0 Å². The van der Waals surface area contributed by atoms with Gasteiger partial charge in [-0.05, 0) is 54.5 Å². The van der Waals surface area contributed by atoms with Crippen LogP contribution in [0, 0.1) is 12.8 Å². The first-order valence-electron chi connectivity index (χ1n) is 9.01. The quantitative estimate of drug-likeness (QED) is 0.567. The van der Waals surface area contributed by atoms with Crippen molar-refractivity contribution in [1.82, 2.24) is 0 Å². The first kappa shape index (κ1) is 16.7. The third-order valence-corrected chi connectivity index (χ3v) is 4.92. The lowest BCUT2D eigenvalue weighted by Gasteiger charge is -2.11.